The zero-order chi connectivity index (χ0) is 17.1. The van der Waals surface area contributed by atoms with Crippen LogP contribution in [0, 0.1) is 0 Å². The molecule has 24 heavy (non-hydrogen) atoms. The van der Waals surface area contributed by atoms with Crippen LogP contribution in [0.4, 0.5) is 0 Å². The van der Waals surface area contributed by atoms with Crippen LogP contribution in [0.1, 0.15) is 10.4 Å². The molecule has 120 valence electrons. The first kappa shape index (κ1) is 15.4. The molecule has 3 N–H and O–H groups in total. The summed E-state index contributed by atoms with van der Waals surface area (Å²) in [6.45, 7) is -0.472. The van der Waals surface area contributed by atoms with Gasteiger partial charge in [0.1, 0.15) is 16.8 Å². The van der Waals surface area contributed by atoms with E-state index in [1.165, 1.54) is 37.1 Å². The third kappa shape index (κ3) is 2.75. The van der Waals surface area contributed by atoms with Crippen LogP contribution >= 0.6 is 0 Å². The van der Waals surface area contributed by atoms with E-state index in [1.807, 2.05) is 0 Å². The van der Waals surface area contributed by atoms with Crippen molar-refractivity contribution in [1.82, 2.24) is 19.9 Å². The quantitative estimate of drug-likeness (QED) is 0.518. The normalized spacial score (nSPS) is 10.5. The molecule has 0 aliphatic heterocycles. The highest BCUT2D eigenvalue weighted by Crippen LogP contribution is 2.35. The number of aromatic nitrogens is 4. The molecule has 0 atom stereocenters. The van der Waals surface area contributed by atoms with Gasteiger partial charge in [0.15, 0.2) is 0 Å². The van der Waals surface area contributed by atoms with Crippen molar-refractivity contribution in [3.8, 4) is 17.0 Å². The van der Waals surface area contributed by atoms with Crippen molar-refractivity contribution in [2.24, 2.45) is 5.73 Å². The Labute approximate surface area is 135 Å². The van der Waals surface area contributed by atoms with Gasteiger partial charge >= 0.3 is 11.9 Å². The topological polar surface area (TPSA) is 141 Å². The second-order valence-corrected chi connectivity index (χ2v) is 4.63. The second-order valence-electron chi connectivity index (χ2n) is 4.63. The highest BCUT2D eigenvalue weighted by Gasteiger charge is 2.24. The molecule has 0 fully saturated rings. The summed E-state index contributed by atoms with van der Waals surface area (Å²) in [6, 6.07) is 1.52. The number of carbonyl (C=O) groups excluding carboxylic acids is 2. The lowest BCUT2D eigenvalue weighted by atomic mass is 10.0. The van der Waals surface area contributed by atoms with E-state index in [-0.39, 0.29) is 16.6 Å². The van der Waals surface area contributed by atoms with Gasteiger partial charge in [-0.25, -0.2) is 4.79 Å². The van der Waals surface area contributed by atoms with E-state index in [0.29, 0.717) is 11.2 Å². The Morgan fingerprint density at radius 1 is 1.12 bits per heavy atom. The van der Waals surface area contributed by atoms with Crippen LogP contribution in [0.15, 0.2) is 37.1 Å². The molecule has 0 aliphatic carbocycles. The van der Waals surface area contributed by atoms with Crippen LogP contribution < -0.4 is 5.73 Å². The molecule has 0 bridgehead atoms. The summed E-state index contributed by atoms with van der Waals surface area (Å²) < 4.78 is 4.60. The van der Waals surface area contributed by atoms with Crippen molar-refractivity contribution in [2.75, 3.05) is 6.54 Å². The van der Waals surface area contributed by atoms with Crippen molar-refractivity contribution >= 4 is 23.0 Å². The number of phenols is 1. The SMILES string of the molecule is NCC(=O)OC(=O)c1c(O)c(-c2cnccn2)cc2nccnc12. The van der Waals surface area contributed by atoms with E-state index in [2.05, 4.69) is 24.7 Å². The highest BCUT2D eigenvalue weighted by molar-refractivity contribution is 6.09. The molecule has 0 saturated carbocycles. The zero-order valence-electron chi connectivity index (χ0n) is 12.2. The standard InChI is InChI=1S/C15H11N5O4/c16-6-11(21)24-15(23)12-13-9(18-3-4-20-13)5-8(14(12)22)10-7-17-1-2-19-10/h1-5,7,22H,6,16H2. The summed E-state index contributed by atoms with van der Waals surface area (Å²) in [6.07, 6.45) is 7.10. The molecule has 3 aromatic rings. The fourth-order valence-corrected chi connectivity index (χ4v) is 2.12. The van der Waals surface area contributed by atoms with Crippen molar-refractivity contribution < 1.29 is 19.4 Å². The lowest BCUT2D eigenvalue weighted by Crippen LogP contribution is -2.21. The Bertz CT molecular complexity index is 930. The lowest BCUT2D eigenvalue weighted by molar-refractivity contribution is -0.136. The van der Waals surface area contributed by atoms with Gasteiger partial charge in [0.25, 0.3) is 0 Å². The van der Waals surface area contributed by atoms with Crippen LogP contribution in [0.25, 0.3) is 22.3 Å². The molecule has 9 heteroatoms. The number of carbonyl (C=O) groups is 2. The third-order valence-electron chi connectivity index (χ3n) is 3.15. The molecule has 0 aliphatic rings. The van der Waals surface area contributed by atoms with E-state index < -0.39 is 24.2 Å². The van der Waals surface area contributed by atoms with Gasteiger partial charge in [0, 0.05) is 30.4 Å². The number of nitrogens with two attached hydrogens (primary N) is 1. The van der Waals surface area contributed by atoms with Crippen LogP contribution in [-0.4, -0.2) is 43.5 Å². The minimum Gasteiger partial charge on any atom is -0.506 e. The Morgan fingerprint density at radius 3 is 2.58 bits per heavy atom. The number of benzene rings is 1. The van der Waals surface area contributed by atoms with Gasteiger partial charge < -0.3 is 15.6 Å². The molecule has 0 saturated heterocycles. The minimum atomic E-state index is -1.07. The third-order valence-corrected chi connectivity index (χ3v) is 3.15. The fraction of sp³-hybridized carbons (Fsp3) is 0.0667. The summed E-state index contributed by atoms with van der Waals surface area (Å²) in [7, 11) is 0. The van der Waals surface area contributed by atoms with Crippen LogP contribution in [-0.2, 0) is 9.53 Å². The van der Waals surface area contributed by atoms with Crippen molar-refractivity contribution in [2.45, 2.75) is 0 Å². The molecule has 3 rings (SSSR count). The fourth-order valence-electron chi connectivity index (χ4n) is 2.12. The number of rotatable bonds is 3. The summed E-state index contributed by atoms with van der Waals surface area (Å²) in [5.74, 6) is -2.43. The predicted octanol–water partition coefficient (Wildman–Crippen LogP) is 0.434. The molecule has 0 amide bonds. The van der Waals surface area contributed by atoms with E-state index in [9.17, 15) is 14.7 Å². The number of aromatic hydroxyl groups is 1. The van der Waals surface area contributed by atoms with E-state index in [1.54, 1.807) is 0 Å². The van der Waals surface area contributed by atoms with Gasteiger partial charge in [-0.2, -0.15) is 0 Å². The van der Waals surface area contributed by atoms with E-state index in [4.69, 9.17) is 5.73 Å². The Hall–Kier alpha value is -3.46. The smallest absolute Gasteiger partial charge is 0.351 e. The molecular formula is C15H11N5O4. The first-order chi connectivity index (χ1) is 11.6. The monoisotopic (exact) mass is 325 g/mol. The number of fused-ring (bicyclic) bond motifs is 1. The van der Waals surface area contributed by atoms with E-state index >= 15 is 0 Å². The van der Waals surface area contributed by atoms with Gasteiger partial charge in [-0.3, -0.25) is 24.7 Å². The summed E-state index contributed by atoms with van der Waals surface area (Å²) >= 11 is 0. The molecule has 2 aromatic heterocycles. The molecule has 9 nitrogen and oxygen atoms in total. The Morgan fingerprint density at radius 2 is 1.88 bits per heavy atom. The van der Waals surface area contributed by atoms with Gasteiger partial charge in [-0.05, 0) is 6.07 Å². The molecule has 1 aromatic carbocycles. The molecule has 0 unspecified atom stereocenters. The predicted molar refractivity (Wildman–Crippen MR) is 81.7 cm³/mol. The number of esters is 2. The number of phenolic OH excluding ortho intramolecular Hbond substituents is 1. The molecule has 0 spiro atoms. The first-order valence-corrected chi connectivity index (χ1v) is 6.80. The average Bonchev–Trinajstić information content (AvgIpc) is 2.61. The van der Waals surface area contributed by atoms with Crippen molar-refractivity contribution in [3.63, 3.8) is 0 Å². The van der Waals surface area contributed by atoms with Gasteiger partial charge in [0.05, 0.1) is 24.0 Å². The first-order valence-electron chi connectivity index (χ1n) is 6.80. The average molecular weight is 325 g/mol. The zero-order valence-corrected chi connectivity index (χ0v) is 12.2. The van der Waals surface area contributed by atoms with Gasteiger partial charge in [-0.15, -0.1) is 0 Å². The van der Waals surface area contributed by atoms with Crippen LogP contribution in [0.2, 0.25) is 0 Å². The number of hydrogen-bond donors (Lipinski definition) is 2. The summed E-state index contributed by atoms with van der Waals surface area (Å²) in [5, 5.41) is 10.5. The number of nitrogens with zero attached hydrogens (tertiary/aromatic N) is 4. The maximum Gasteiger partial charge on any atom is 0.351 e. The minimum absolute atomic E-state index is 0.0949. The maximum absolute atomic E-state index is 12.3. The summed E-state index contributed by atoms with van der Waals surface area (Å²) in [4.78, 5) is 39.7. The number of ether oxygens (including phenoxy) is 1. The van der Waals surface area contributed by atoms with Crippen LogP contribution in [0.3, 0.4) is 0 Å². The summed E-state index contributed by atoms with van der Waals surface area (Å²) in [5.41, 5.74) is 5.80. The highest BCUT2D eigenvalue weighted by atomic mass is 16.6. The van der Waals surface area contributed by atoms with Gasteiger partial charge in [0.2, 0.25) is 0 Å². The van der Waals surface area contributed by atoms with Gasteiger partial charge in [-0.1, -0.05) is 0 Å². The Kier molecular flexibility index (Phi) is 4.08. The molecular weight excluding hydrogens is 314 g/mol. The van der Waals surface area contributed by atoms with Crippen molar-refractivity contribution in [1.29, 1.82) is 0 Å². The van der Waals surface area contributed by atoms with Crippen molar-refractivity contribution in [3.05, 3.63) is 42.6 Å². The van der Waals surface area contributed by atoms with Crippen LogP contribution in [0.5, 0.6) is 5.75 Å². The maximum atomic E-state index is 12.3. The largest absolute Gasteiger partial charge is 0.506 e. The number of hydrogen-bond acceptors (Lipinski definition) is 9. The van der Waals surface area contributed by atoms with E-state index in [0.717, 1.165) is 0 Å². The Balaban J connectivity index is 2.24. The second kappa shape index (κ2) is 6.34. The molecule has 2 heterocycles. The molecule has 0 radical (unpaired) electrons. The lowest BCUT2D eigenvalue weighted by Gasteiger charge is -2.11.